The van der Waals surface area contributed by atoms with Crippen molar-refractivity contribution in [3.63, 3.8) is 0 Å². The lowest BCUT2D eigenvalue weighted by atomic mass is 10.1. The number of ether oxygens (including phenoxy) is 3. The van der Waals surface area contributed by atoms with E-state index in [9.17, 15) is 0 Å². The molecule has 2 aromatic carbocycles. The quantitative estimate of drug-likeness (QED) is 0.831. The van der Waals surface area contributed by atoms with E-state index in [0.717, 1.165) is 30.9 Å². The summed E-state index contributed by atoms with van der Waals surface area (Å²) in [7, 11) is 3.24. The molecular weight excluding hydrogens is 326 g/mol. The molecule has 0 N–H and O–H groups in total. The zero-order valence-electron chi connectivity index (χ0n) is 14.2. The van der Waals surface area contributed by atoms with E-state index < -0.39 is 0 Å². The van der Waals surface area contributed by atoms with E-state index in [-0.39, 0.29) is 6.10 Å². The number of para-hydroxylation sites is 1. The minimum absolute atomic E-state index is 0.118. The fourth-order valence-corrected chi connectivity index (χ4v) is 3.26. The monoisotopic (exact) mass is 347 g/mol. The lowest BCUT2D eigenvalue weighted by Gasteiger charge is -2.23. The molecule has 0 unspecified atom stereocenters. The number of hydrogen-bond donors (Lipinski definition) is 0. The van der Waals surface area contributed by atoms with E-state index in [1.807, 2.05) is 24.3 Å². The van der Waals surface area contributed by atoms with Crippen LogP contribution in [0.3, 0.4) is 0 Å². The molecular formula is C19H22ClNO3. The largest absolute Gasteiger partial charge is 0.493 e. The molecule has 0 aliphatic carbocycles. The van der Waals surface area contributed by atoms with Gasteiger partial charge in [-0.15, -0.1) is 0 Å². The molecule has 1 aliphatic rings. The van der Waals surface area contributed by atoms with Crippen LogP contribution in [0.5, 0.6) is 17.2 Å². The summed E-state index contributed by atoms with van der Waals surface area (Å²) in [5, 5.41) is 0.679. The Morgan fingerprint density at radius 3 is 2.62 bits per heavy atom. The fourth-order valence-electron chi connectivity index (χ4n) is 3.05. The van der Waals surface area contributed by atoms with Crippen molar-refractivity contribution in [1.29, 1.82) is 0 Å². The second-order valence-electron chi connectivity index (χ2n) is 6.00. The summed E-state index contributed by atoms with van der Waals surface area (Å²) in [4.78, 5) is 2.34. The number of hydrogen-bond acceptors (Lipinski definition) is 4. The molecule has 128 valence electrons. The second-order valence-corrected chi connectivity index (χ2v) is 6.41. The van der Waals surface area contributed by atoms with E-state index in [2.05, 4.69) is 17.9 Å². The van der Waals surface area contributed by atoms with Gasteiger partial charge >= 0.3 is 0 Å². The number of rotatable bonds is 4. The molecule has 24 heavy (non-hydrogen) atoms. The van der Waals surface area contributed by atoms with Gasteiger partial charge in [0.2, 0.25) is 0 Å². The molecule has 3 rings (SSSR count). The first-order valence-electron chi connectivity index (χ1n) is 7.98. The van der Waals surface area contributed by atoms with Gasteiger partial charge in [0, 0.05) is 36.3 Å². The number of benzene rings is 2. The Morgan fingerprint density at radius 2 is 1.88 bits per heavy atom. The lowest BCUT2D eigenvalue weighted by molar-refractivity contribution is 0.156. The molecule has 1 aliphatic heterocycles. The summed E-state index contributed by atoms with van der Waals surface area (Å²) in [6.45, 7) is 4.47. The van der Waals surface area contributed by atoms with Crippen molar-refractivity contribution in [2.45, 2.75) is 26.1 Å². The van der Waals surface area contributed by atoms with Gasteiger partial charge in [0.1, 0.15) is 11.9 Å². The van der Waals surface area contributed by atoms with Crippen molar-refractivity contribution in [3.8, 4) is 17.2 Å². The highest BCUT2D eigenvalue weighted by Crippen LogP contribution is 2.34. The first-order valence-corrected chi connectivity index (χ1v) is 8.35. The van der Waals surface area contributed by atoms with Crippen molar-refractivity contribution >= 4 is 11.6 Å². The van der Waals surface area contributed by atoms with Crippen molar-refractivity contribution in [1.82, 2.24) is 4.90 Å². The molecule has 2 aromatic rings. The second kappa shape index (κ2) is 7.32. The molecule has 0 fully saturated rings. The Kier molecular flexibility index (Phi) is 5.17. The van der Waals surface area contributed by atoms with Gasteiger partial charge < -0.3 is 14.2 Å². The third kappa shape index (κ3) is 3.60. The highest BCUT2D eigenvalue weighted by atomic mass is 35.5. The Bertz CT molecular complexity index is 720. The summed E-state index contributed by atoms with van der Waals surface area (Å²) < 4.78 is 16.7. The van der Waals surface area contributed by atoms with Crippen LogP contribution in [0, 0.1) is 0 Å². The van der Waals surface area contributed by atoms with Crippen LogP contribution >= 0.6 is 11.6 Å². The van der Waals surface area contributed by atoms with Crippen LogP contribution < -0.4 is 14.2 Å². The van der Waals surface area contributed by atoms with Gasteiger partial charge in [0.15, 0.2) is 11.5 Å². The minimum atomic E-state index is 0.118. The van der Waals surface area contributed by atoms with Gasteiger partial charge in [-0.1, -0.05) is 29.8 Å². The lowest BCUT2D eigenvalue weighted by Crippen LogP contribution is -2.30. The molecule has 1 heterocycles. The summed E-state index contributed by atoms with van der Waals surface area (Å²) in [5.41, 5.74) is 2.21. The maximum Gasteiger partial charge on any atom is 0.162 e. The summed E-state index contributed by atoms with van der Waals surface area (Å²) in [6, 6.07) is 11.9. The number of nitrogens with zero attached hydrogens (tertiary/aromatic N) is 1. The van der Waals surface area contributed by atoms with Gasteiger partial charge in [-0.3, -0.25) is 4.90 Å². The topological polar surface area (TPSA) is 30.9 Å². The number of halogens is 1. The van der Waals surface area contributed by atoms with Crippen LogP contribution in [0.1, 0.15) is 18.1 Å². The Balaban J connectivity index is 1.85. The molecule has 0 saturated heterocycles. The van der Waals surface area contributed by atoms with Crippen molar-refractivity contribution in [2.24, 2.45) is 0 Å². The number of methoxy groups -OCH3 is 2. The standard InChI is InChI=1S/C19H22ClNO3/c1-13-10-21(11-14-6-4-5-7-17(14)24-13)12-15-8-18(22-2)19(23-3)9-16(15)20/h4-9,13H,10-12H2,1-3H3/t13-/m0/s1. The molecule has 4 nitrogen and oxygen atoms in total. The Hall–Kier alpha value is -1.91. The highest BCUT2D eigenvalue weighted by Gasteiger charge is 2.21. The van der Waals surface area contributed by atoms with Crippen molar-refractivity contribution in [3.05, 3.63) is 52.5 Å². The molecule has 0 aromatic heterocycles. The van der Waals surface area contributed by atoms with Gasteiger partial charge in [0.25, 0.3) is 0 Å². The third-order valence-corrected chi connectivity index (χ3v) is 4.51. The predicted octanol–water partition coefficient (Wildman–Crippen LogP) is 4.14. The first-order chi connectivity index (χ1) is 11.6. The van der Waals surface area contributed by atoms with Crippen molar-refractivity contribution < 1.29 is 14.2 Å². The number of fused-ring (bicyclic) bond motifs is 1. The average Bonchev–Trinajstić information content (AvgIpc) is 2.73. The summed E-state index contributed by atoms with van der Waals surface area (Å²) >= 11 is 6.44. The molecule has 0 radical (unpaired) electrons. The molecule has 0 saturated carbocycles. The first kappa shape index (κ1) is 16.9. The van der Waals surface area contributed by atoms with E-state index in [1.165, 1.54) is 5.56 Å². The van der Waals surface area contributed by atoms with Crippen LogP contribution in [-0.2, 0) is 13.1 Å². The van der Waals surface area contributed by atoms with Crippen LogP contribution in [-0.4, -0.2) is 31.8 Å². The summed E-state index contributed by atoms with van der Waals surface area (Å²) in [6.07, 6.45) is 0.118. The van der Waals surface area contributed by atoms with Crippen LogP contribution in [0.4, 0.5) is 0 Å². The molecule has 5 heteroatoms. The van der Waals surface area contributed by atoms with Gasteiger partial charge in [0.05, 0.1) is 14.2 Å². The van der Waals surface area contributed by atoms with E-state index in [1.54, 1.807) is 20.3 Å². The minimum Gasteiger partial charge on any atom is -0.493 e. The molecule has 0 amide bonds. The van der Waals surface area contributed by atoms with Gasteiger partial charge in [-0.05, 0) is 24.6 Å². The maximum atomic E-state index is 6.44. The Labute approximate surface area is 147 Å². The summed E-state index contributed by atoms with van der Waals surface area (Å²) in [5.74, 6) is 2.30. The molecule has 0 spiro atoms. The molecule has 0 bridgehead atoms. The van der Waals surface area contributed by atoms with Crippen molar-refractivity contribution in [2.75, 3.05) is 20.8 Å². The van der Waals surface area contributed by atoms with E-state index in [4.69, 9.17) is 25.8 Å². The fraction of sp³-hybridized carbons (Fsp3) is 0.368. The smallest absolute Gasteiger partial charge is 0.162 e. The van der Waals surface area contributed by atoms with Crippen LogP contribution in [0.2, 0.25) is 5.02 Å². The Morgan fingerprint density at radius 1 is 1.17 bits per heavy atom. The van der Waals surface area contributed by atoms with Gasteiger partial charge in [-0.2, -0.15) is 0 Å². The van der Waals surface area contributed by atoms with E-state index >= 15 is 0 Å². The molecule has 1 atom stereocenters. The maximum absolute atomic E-state index is 6.44. The van der Waals surface area contributed by atoms with Crippen LogP contribution in [0.25, 0.3) is 0 Å². The highest BCUT2D eigenvalue weighted by molar-refractivity contribution is 6.31. The zero-order valence-corrected chi connectivity index (χ0v) is 15.0. The van der Waals surface area contributed by atoms with Crippen LogP contribution in [0.15, 0.2) is 36.4 Å². The normalized spacial score (nSPS) is 17.6. The van der Waals surface area contributed by atoms with Gasteiger partial charge in [-0.25, -0.2) is 0 Å². The predicted molar refractivity (Wildman–Crippen MR) is 95.2 cm³/mol. The third-order valence-electron chi connectivity index (χ3n) is 4.16. The average molecular weight is 348 g/mol. The SMILES string of the molecule is COc1cc(Cl)c(CN2Cc3ccccc3O[C@@H](C)C2)cc1OC. The van der Waals surface area contributed by atoms with E-state index in [0.29, 0.717) is 16.5 Å². The zero-order chi connectivity index (χ0) is 17.1.